The topological polar surface area (TPSA) is 74.4 Å². The van der Waals surface area contributed by atoms with Gasteiger partial charge in [0, 0.05) is 30.7 Å². The first-order valence-electron chi connectivity index (χ1n) is 7.69. The number of amides is 1. The number of piperidine rings is 1. The third-order valence-corrected chi connectivity index (χ3v) is 4.30. The average Bonchev–Trinajstić information content (AvgIpc) is 2.83. The number of aromatic nitrogens is 1. The molecule has 2 rings (SSSR count). The summed E-state index contributed by atoms with van der Waals surface area (Å²) >= 11 is 1.19. The third-order valence-electron chi connectivity index (χ3n) is 3.59. The molecule has 1 amide bonds. The Balaban J connectivity index is 1.66. The van der Waals surface area contributed by atoms with Crippen LogP contribution in [0.5, 0.6) is 0 Å². The van der Waals surface area contributed by atoms with E-state index in [1.807, 2.05) is 26.2 Å². The van der Waals surface area contributed by atoms with E-state index in [1.165, 1.54) is 11.3 Å². The quantitative estimate of drug-likeness (QED) is 0.889. The first-order valence-corrected chi connectivity index (χ1v) is 8.57. The molecule has 0 aliphatic carbocycles. The van der Waals surface area contributed by atoms with Gasteiger partial charge in [0.2, 0.25) is 0 Å². The van der Waals surface area contributed by atoms with Crippen LogP contribution in [-0.2, 0) is 11.3 Å². The maximum Gasteiger partial charge on any atom is 0.410 e. The van der Waals surface area contributed by atoms with Crippen molar-refractivity contribution in [3.05, 3.63) is 20.7 Å². The fourth-order valence-corrected chi connectivity index (χ4v) is 3.04. The molecule has 0 aromatic carbocycles. The molecular weight excluding hydrogens is 302 g/mol. The number of hydrogen-bond donors (Lipinski definition) is 2. The molecule has 0 radical (unpaired) electrons. The predicted molar refractivity (Wildman–Crippen MR) is 87.2 cm³/mol. The molecule has 22 heavy (non-hydrogen) atoms. The highest BCUT2D eigenvalue weighted by Gasteiger charge is 2.26. The van der Waals surface area contributed by atoms with E-state index in [2.05, 4.69) is 10.3 Å². The molecule has 1 aromatic heterocycles. The Morgan fingerprint density at radius 1 is 1.45 bits per heavy atom. The van der Waals surface area contributed by atoms with E-state index in [0.717, 1.165) is 38.2 Å². The summed E-state index contributed by atoms with van der Waals surface area (Å²) < 4.78 is 5.39. The lowest BCUT2D eigenvalue weighted by Gasteiger charge is -2.33. The van der Waals surface area contributed by atoms with Gasteiger partial charge in [-0.2, -0.15) is 0 Å². The van der Waals surface area contributed by atoms with Crippen LogP contribution in [0.3, 0.4) is 0 Å². The van der Waals surface area contributed by atoms with Crippen LogP contribution in [0.1, 0.15) is 39.3 Å². The number of thiazole rings is 1. The van der Waals surface area contributed by atoms with Crippen molar-refractivity contribution in [2.24, 2.45) is 5.92 Å². The van der Waals surface area contributed by atoms with Crippen molar-refractivity contribution in [3.8, 4) is 0 Å². The Labute approximate surface area is 134 Å². The van der Waals surface area contributed by atoms with E-state index in [0.29, 0.717) is 12.5 Å². The van der Waals surface area contributed by atoms with Gasteiger partial charge in [-0.1, -0.05) is 11.3 Å². The first kappa shape index (κ1) is 17.0. The lowest BCUT2D eigenvalue weighted by molar-refractivity contribution is 0.0184. The molecule has 1 aliphatic rings. The highest BCUT2D eigenvalue weighted by molar-refractivity contribution is 7.07. The molecule has 124 valence electrons. The van der Waals surface area contributed by atoms with E-state index in [4.69, 9.17) is 4.74 Å². The number of nitrogens with zero attached hydrogens (tertiary/aromatic N) is 1. The van der Waals surface area contributed by atoms with E-state index in [9.17, 15) is 9.59 Å². The van der Waals surface area contributed by atoms with Crippen LogP contribution >= 0.6 is 11.3 Å². The summed E-state index contributed by atoms with van der Waals surface area (Å²) in [6, 6.07) is 0. The summed E-state index contributed by atoms with van der Waals surface area (Å²) in [6.07, 6.45) is 1.74. The van der Waals surface area contributed by atoms with Gasteiger partial charge < -0.3 is 19.9 Å². The van der Waals surface area contributed by atoms with Crippen LogP contribution in [0.15, 0.2) is 10.2 Å². The molecule has 1 aromatic rings. The molecule has 2 heterocycles. The van der Waals surface area contributed by atoms with Crippen LogP contribution < -0.4 is 10.2 Å². The number of H-pyrrole nitrogens is 1. The fraction of sp³-hybridized carbons (Fsp3) is 0.733. The molecule has 0 bridgehead atoms. The summed E-state index contributed by atoms with van der Waals surface area (Å²) in [5.74, 6) is 0.559. The lowest BCUT2D eigenvalue weighted by Crippen LogP contribution is -2.43. The average molecular weight is 327 g/mol. The minimum Gasteiger partial charge on any atom is -0.444 e. The number of rotatable bonds is 4. The van der Waals surface area contributed by atoms with E-state index in [-0.39, 0.29) is 11.0 Å². The first-order chi connectivity index (χ1) is 10.3. The predicted octanol–water partition coefficient (Wildman–Crippen LogP) is 2.17. The summed E-state index contributed by atoms with van der Waals surface area (Å²) in [5.41, 5.74) is 0.494. The minimum absolute atomic E-state index is 0.0116. The molecule has 0 atom stereocenters. The Kier molecular flexibility index (Phi) is 5.63. The van der Waals surface area contributed by atoms with Crippen molar-refractivity contribution < 1.29 is 9.53 Å². The van der Waals surface area contributed by atoms with E-state index < -0.39 is 5.60 Å². The second-order valence-electron chi connectivity index (χ2n) is 6.72. The van der Waals surface area contributed by atoms with Crippen molar-refractivity contribution in [2.75, 3.05) is 19.6 Å². The van der Waals surface area contributed by atoms with Gasteiger partial charge in [0.25, 0.3) is 0 Å². The van der Waals surface area contributed by atoms with Crippen LogP contribution in [0.2, 0.25) is 0 Å². The van der Waals surface area contributed by atoms with Crippen molar-refractivity contribution in [1.29, 1.82) is 0 Å². The van der Waals surface area contributed by atoms with Gasteiger partial charge in [0.05, 0.1) is 0 Å². The number of nitrogens with one attached hydrogen (secondary N) is 2. The van der Waals surface area contributed by atoms with E-state index >= 15 is 0 Å². The maximum atomic E-state index is 12.0. The number of carbonyl (C=O) groups excluding carboxylic acids is 1. The summed E-state index contributed by atoms with van der Waals surface area (Å²) in [4.78, 5) is 27.6. The minimum atomic E-state index is -0.438. The lowest BCUT2D eigenvalue weighted by atomic mass is 9.97. The zero-order chi connectivity index (χ0) is 16.2. The highest BCUT2D eigenvalue weighted by atomic mass is 32.1. The summed E-state index contributed by atoms with van der Waals surface area (Å²) in [5, 5.41) is 5.22. The number of ether oxygens (including phenoxy) is 1. The smallest absolute Gasteiger partial charge is 0.410 e. The largest absolute Gasteiger partial charge is 0.444 e. The number of hydrogen-bond acceptors (Lipinski definition) is 5. The van der Waals surface area contributed by atoms with E-state index in [1.54, 1.807) is 4.90 Å². The Hall–Kier alpha value is -1.34. The second-order valence-corrected chi connectivity index (χ2v) is 7.56. The maximum absolute atomic E-state index is 12.0. The van der Waals surface area contributed by atoms with Gasteiger partial charge >= 0.3 is 11.0 Å². The molecule has 6 nitrogen and oxygen atoms in total. The standard InChI is InChI=1S/C15H25N3O3S/c1-15(2,3)21-14(20)18-6-4-11(5-7-18)8-16-9-12-10-22-13(19)17-12/h10-11,16H,4-9H2,1-3H3,(H,17,19). The molecule has 1 aliphatic heterocycles. The molecule has 0 saturated carbocycles. The molecule has 1 fully saturated rings. The van der Waals surface area contributed by atoms with Crippen LogP contribution in [0.4, 0.5) is 4.79 Å². The van der Waals surface area contributed by atoms with Gasteiger partial charge in [-0.05, 0) is 46.1 Å². The molecule has 1 saturated heterocycles. The summed E-state index contributed by atoms with van der Waals surface area (Å²) in [6.45, 7) is 8.74. The van der Waals surface area contributed by atoms with Crippen molar-refractivity contribution in [2.45, 2.75) is 45.8 Å². The molecule has 0 spiro atoms. The molecule has 7 heteroatoms. The van der Waals surface area contributed by atoms with Crippen LogP contribution in [-0.4, -0.2) is 41.2 Å². The third kappa shape index (κ3) is 5.46. The molecular formula is C15H25N3O3S. The van der Waals surface area contributed by atoms with Gasteiger partial charge in [-0.25, -0.2) is 4.79 Å². The SMILES string of the molecule is CC(C)(C)OC(=O)N1CCC(CNCc2csc(=O)[nH]2)CC1. The van der Waals surface area contributed by atoms with Crippen molar-refractivity contribution >= 4 is 17.4 Å². The van der Waals surface area contributed by atoms with Gasteiger partial charge in [-0.15, -0.1) is 0 Å². The van der Waals surface area contributed by atoms with Gasteiger partial charge in [0.1, 0.15) is 5.60 Å². The Morgan fingerprint density at radius 3 is 2.68 bits per heavy atom. The zero-order valence-electron chi connectivity index (χ0n) is 13.5. The Bertz CT molecular complexity index is 539. The zero-order valence-corrected chi connectivity index (χ0v) is 14.3. The van der Waals surface area contributed by atoms with Crippen molar-refractivity contribution in [1.82, 2.24) is 15.2 Å². The molecule has 0 unspecified atom stereocenters. The van der Waals surface area contributed by atoms with Crippen LogP contribution in [0.25, 0.3) is 0 Å². The van der Waals surface area contributed by atoms with Gasteiger partial charge in [0.15, 0.2) is 0 Å². The monoisotopic (exact) mass is 327 g/mol. The van der Waals surface area contributed by atoms with Crippen molar-refractivity contribution in [3.63, 3.8) is 0 Å². The number of aromatic amines is 1. The summed E-state index contributed by atoms with van der Waals surface area (Å²) in [7, 11) is 0. The van der Waals surface area contributed by atoms with Crippen LogP contribution in [0, 0.1) is 5.92 Å². The normalized spacial score (nSPS) is 16.8. The second kappa shape index (κ2) is 7.28. The number of likely N-dealkylation sites (tertiary alicyclic amines) is 1. The fourth-order valence-electron chi connectivity index (χ4n) is 2.46. The number of carbonyl (C=O) groups is 1. The molecule has 2 N–H and O–H groups in total. The highest BCUT2D eigenvalue weighted by Crippen LogP contribution is 2.19. The van der Waals surface area contributed by atoms with Gasteiger partial charge in [-0.3, -0.25) is 4.79 Å². The Morgan fingerprint density at radius 2 is 2.14 bits per heavy atom.